The van der Waals surface area contributed by atoms with Crippen LogP contribution in [0, 0.1) is 0 Å². The fraction of sp³-hybridized carbons (Fsp3) is 0.278. The van der Waals surface area contributed by atoms with Crippen LogP contribution >= 0.6 is 17.2 Å². The first-order chi connectivity index (χ1) is 19.0. The van der Waals surface area contributed by atoms with Crippen LogP contribution in [0.4, 0.5) is 0 Å². The second-order valence-corrected chi connectivity index (χ2v) is 17.0. The van der Waals surface area contributed by atoms with Gasteiger partial charge in [-0.3, -0.25) is 9.97 Å². The molecule has 2 nitrogen and oxygen atoms in total. The number of rotatable bonds is 6. The van der Waals surface area contributed by atoms with Crippen LogP contribution in [0.2, 0.25) is 0 Å². The summed E-state index contributed by atoms with van der Waals surface area (Å²) in [7, 11) is 2.88. The number of hydrogen-bond acceptors (Lipinski definition) is 2. The summed E-state index contributed by atoms with van der Waals surface area (Å²) in [4.78, 5) is 9.01. The molecule has 0 aliphatic carbocycles. The van der Waals surface area contributed by atoms with Gasteiger partial charge in [0.15, 0.2) is 0 Å². The topological polar surface area (TPSA) is 25.8 Å². The molecule has 0 amide bonds. The molecule has 5 rings (SSSR count). The molecule has 0 fully saturated rings. The van der Waals surface area contributed by atoms with E-state index in [2.05, 4.69) is 115 Å². The number of aromatic nitrogens is 2. The molecule has 5 aromatic rings. The number of nitrogens with zero attached hydrogens (tertiary/aromatic N) is 2. The van der Waals surface area contributed by atoms with Crippen LogP contribution in [-0.2, 0) is 28.4 Å². The maximum absolute atomic E-state index is 4.51. The van der Waals surface area contributed by atoms with Gasteiger partial charge in [0.1, 0.15) is 0 Å². The predicted molar refractivity (Wildman–Crippen MR) is 178 cm³/mol. The van der Waals surface area contributed by atoms with Crippen molar-refractivity contribution in [3.63, 3.8) is 0 Å². The van der Waals surface area contributed by atoms with Gasteiger partial charge >= 0.3 is 0 Å². The van der Waals surface area contributed by atoms with E-state index >= 15 is 0 Å². The molecular formula is C36H42FeN2P2-6. The van der Waals surface area contributed by atoms with Crippen LogP contribution in [-0.4, -0.2) is 20.3 Å². The number of pyridine rings is 2. The molecule has 1 atom stereocenters. The zero-order valence-electron chi connectivity index (χ0n) is 25.0. The largest absolute Gasteiger partial charge is 0.748 e. The van der Waals surface area contributed by atoms with Crippen molar-refractivity contribution in [1.29, 1.82) is 0 Å². The molecule has 0 spiro atoms. The van der Waals surface area contributed by atoms with Crippen molar-refractivity contribution >= 4 is 17.2 Å². The fourth-order valence-corrected chi connectivity index (χ4v) is 9.67. The molecule has 0 N–H and O–H groups in total. The Bertz CT molecular complexity index is 1360. The Morgan fingerprint density at radius 1 is 0.707 bits per heavy atom. The van der Waals surface area contributed by atoms with Gasteiger partial charge < -0.3 is 30.3 Å². The maximum Gasteiger partial charge on any atom is 0.0397 e. The number of benzene rings is 1. The van der Waals surface area contributed by atoms with E-state index in [1.807, 2.05) is 67.3 Å². The van der Waals surface area contributed by atoms with Crippen LogP contribution in [0.3, 0.4) is 0 Å². The van der Waals surface area contributed by atoms with Crippen LogP contribution in [0.5, 0.6) is 0 Å². The summed E-state index contributed by atoms with van der Waals surface area (Å²) in [6.45, 7) is 14.4. The first-order valence-electron chi connectivity index (χ1n) is 13.9. The standard InChI is InChI=1S/C31H37N2P2.C5H5.Fe/c1-29(2,3)35(30(4,5)6)22-25-18-24(23-12-8-7-9-13-23)19-28(25)31(34,26-14-10-16-32-20-26)27-15-11-17-33-21-27;1-2-4-5-3-1;/h7-21H,22,34H2,1-6H3;1-5H;/q-1;-5;. The summed E-state index contributed by atoms with van der Waals surface area (Å²) in [5, 5.41) is 0.0318. The van der Waals surface area contributed by atoms with Crippen molar-refractivity contribution in [2.24, 2.45) is 0 Å². The van der Waals surface area contributed by atoms with Crippen molar-refractivity contribution in [1.82, 2.24) is 9.97 Å². The third-order valence-electron chi connectivity index (χ3n) is 7.24. The van der Waals surface area contributed by atoms with Gasteiger partial charge in [0.2, 0.25) is 0 Å². The molecule has 0 aliphatic heterocycles. The van der Waals surface area contributed by atoms with E-state index in [9.17, 15) is 0 Å². The van der Waals surface area contributed by atoms with Gasteiger partial charge in [-0.15, -0.1) is 28.3 Å². The Morgan fingerprint density at radius 3 is 1.61 bits per heavy atom. The molecule has 1 unspecified atom stereocenters. The normalized spacial score (nSPS) is 11.9. The minimum absolute atomic E-state index is 0. The van der Waals surface area contributed by atoms with Crippen LogP contribution in [0.1, 0.15) is 63.8 Å². The van der Waals surface area contributed by atoms with E-state index in [4.69, 9.17) is 0 Å². The van der Waals surface area contributed by atoms with Crippen LogP contribution in [0.15, 0.2) is 122 Å². The van der Waals surface area contributed by atoms with E-state index in [0.29, 0.717) is 0 Å². The zero-order chi connectivity index (χ0) is 28.8. The number of hydrogen-bond donors (Lipinski definition) is 0. The summed E-state index contributed by atoms with van der Waals surface area (Å²) in [6, 6.07) is 34.0. The first-order valence-corrected chi connectivity index (χ1v) is 16.0. The van der Waals surface area contributed by atoms with Gasteiger partial charge in [-0.05, 0) is 33.6 Å². The van der Waals surface area contributed by atoms with E-state index < -0.39 is 5.16 Å². The van der Waals surface area contributed by atoms with Crippen molar-refractivity contribution in [3.05, 3.63) is 144 Å². The summed E-state index contributed by atoms with van der Waals surface area (Å²) in [5.41, 5.74) is 7.57. The van der Waals surface area contributed by atoms with E-state index in [1.54, 1.807) is 0 Å². The monoisotopic (exact) mass is 620 g/mol. The first kappa shape index (κ1) is 33.1. The molecule has 2 heterocycles. The minimum Gasteiger partial charge on any atom is -0.748 e. The Hall–Kier alpha value is -2.40. The van der Waals surface area contributed by atoms with Crippen molar-refractivity contribution in [2.45, 2.75) is 63.2 Å². The quantitative estimate of drug-likeness (QED) is 0.107. The maximum atomic E-state index is 4.51. The fourth-order valence-electron chi connectivity index (χ4n) is 5.49. The third kappa shape index (κ3) is 8.12. The van der Waals surface area contributed by atoms with E-state index in [1.165, 1.54) is 22.3 Å². The van der Waals surface area contributed by atoms with Crippen LogP contribution < -0.4 is 0 Å². The van der Waals surface area contributed by atoms with Crippen molar-refractivity contribution in [2.75, 3.05) is 0 Å². The zero-order valence-corrected chi connectivity index (χ0v) is 28.2. The molecule has 41 heavy (non-hydrogen) atoms. The second-order valence-electron chi connectivity index (χ2n) is 12.2. The summed E-state index contributed by atoms with van der Waals surface area (Å²) < 4.78 is 0. The molecule has 0 radical (unpaired) electrons. The molecule has 3 aromatic carbocycles. The smallest absolute Gasteiger partial charge is 0.0397 e. The summed E-state index contributed by atoms with van der Waals surface area (Å²) in [6.07, 6.45) is 8.75. The third-order valence-corrected chi connectivity index (χ3v) is 12.1. The average molecular weight is 621 g/mol. The van der Waals surface area contributed by atoms with Gasteiger partial charge in [-0.1, -0.05) is 95.7 Å². The minimum atomic E-state index is -0.443. The molecule has 0 aliphatic rings. The van der Waals surface area contributed by atoms with Crippen molar-refractivity contribution < 1.29 is 17.1 Å². The predicted octanol–water partition coefficient (Wildman–Crippen LogP) is 10.0. The Balaban J connectivity index is 0.000000696. The molecular weight excluding hydrogens is 578 g/mol. The van der Waals surface area contributed by atoms with Gasteiger partial charge in [0, 0.05) is 47.0 Å². The molecule has 0 saturated carbocycles. The SMILES string of the molecule is CC(C)(C)P(C[c-]1cc(-c2ccccc2)cc1C(P)(c1cccnc1)c1cccnc1)C(C)(C)C.[Fe].[cH-]1[cH-][cH-][cH-][cH-]1. The molecule has 220 valence electrons. The van der Waals surface area contributed by atoms with E-state index in [-0.39, 0.29) is 35.3 Å². The van der Waals surface area contributed by atoms with Gasteiger partial charge in [0.05, 0.1) is 0 Å². The summed E-state index contributed by atoms with van der Waals surface area (Å²) in [5.74, 6) is 0. The molecule has 5 heteroatoms. The average Bonchev–Trinajstić information content (AvgIpc) is 3.66. The van der Waals surface area contributed by atoms with Gasteiger partial charge in [-0.2, -0.15) is 11.6 Å². The second kappa shape index (κ2) is 14.2. The van der Waals surface area contributed by atoms with Crippen molar-refractivity contribution in [3.8, 4) is 11.1 Å². The molecule has 0 bridgehead atoms. The Labute approximate surface area is 261 Å². The molecule has 0 saturated heterocycles. The van der Waals surface area contributed by atoms with Crippen LogP contribution in [0.25, 0.3) is 11.1 Å². The molecule has 2 aromatic heterocycles. The van der Waals surface area contributed by atoms with E-state index in [0.717, 1.165) is 17.3 Å². The van der Waals surface area contributed by atoms with Gasteiger partial charge in [0.25, 0.3) is 0 Å². The Morgan fingerprint density at radius 2 is 1.20 bits per heavy atom. The summed E-state index contributed by atoms with van der Waals surface area (Å²) >= 11 is 0. The Kier molecular flexibility index (Phi) is 11.4. The van der Waals surface area contributed by atoms with Gasteiger partial charge in [-0.25, -0.2) is 6.07 Å².